The van der Waals surface area contributed by atoms with Crippen molar-refractivity contribution in [3.05, 3.63) is 11.3 Å². The van der Waals surface area contributed by atoms with Crippen molar-refractivity contribution in [3.8, 4) is 5.88 Å². The van der Waals surface area contributed by atoms with Crippen LogP contribution < -0.4 is 4.74 Å². The van der Waals surface area contributed by atoms with Crippen LogP contribution in [0.3, 0.4) is 0 Å². The molecule has 0 saturated carbocycles. The molecular weight excluding hydrogens is 200 g/mol. The van der Waals surface area contributed by atoms with Gasteiger partial charge in [0.25, 0.3) is 0 Å². The van der Waals surface area contributed by atoms with E-state index in [1.807, 2.05) is 4.68 Å². The van der Waals surface area contributed by atoms with Gasteiger partial charge in [-0.1, -0.05) is 0 Å². The van der Waals surface area contributed by atoms with E-state index in [2.05, 4.69) is 18.9 Å². The highest BCUT2D eigenvalue weighted by atomic mass is 32.2. The zero-order valence-electron chi connectivity index (χ0n) is 8.61. The van der Waals surface area contributed by atoms with Gasteiger partial charge < -0.3 is 4.74 Å². The maximum absolute atomic E-state index is 11.3. The first-order valence-corrected chi connectivity index (χ1v) is 6.11. The third-order valence-electron chi connectivity index (χ3n) is 2.33. The molecule has 1 aliphatic heterocycles. The fourth-order valence-corrected chi connectivity index (χ4v) is 2.94. The van der Waals surface area contributed by atoms with Crippen molar-refractivity contribution in [1.82, 2.24) is 9.78 Å². The highest BCUT2D eigenvalue weighted by Crippen LogP contribution is 2.32. The Morgan fingerprint density at radius 1 is 1.50 bits per heavy atom. The monoisotopic (exact) mass is 214 g/mol. The molecule has 1 aliphatic rings. The molecule has 0 spiro atoms. The van der Waals surface area contributed by atoms with E-state index in [0.29, 0.717) is 11.5 Å². The number of hydrogen-bond acceptors (Lipinski definition) is 3. The van der Waals surface area contributed by atoms with E-state index in [9.17, 15) is 4.21 Å². The second-order valence-electron chi connectivity index (χ2n) is 3.70. The first-order chi connectivity index (χ1) is 6.63. The first-order valence-electron chi connectivity index (χ1n) is 4.62. The van der Waals surface area contributed by atoms with Crippen LogP contribution in [-0.2, 0) is 22.3 Å². The quantitative estimate of drug-likeness (QED) is 0.744. The van der Waals surface area contributed by atoms with Gasteiger partial charge in [-0.3, -0.25) is 4.21 Å². The Balaban J connectivity index is 2.48. The third kappa shape index (κ3) is 1.35. The molecule has 0 radical (unpaired) electrons. The van der Waals surface area contributed by atoms with Crippen LogP contribution in [0.5, 0.6) is 5.88 Å². The summed E-state index contributed by atoms with van der Waals surface area (Å²) < 4.78 is 18.5. The van der Waals surface area contributed by atoms with E-state index in [1.165, 1.54) is 0 Å². The van der Waals surface area contributed by atoms with Crippen LogP contribution in [0.2, 0.25) is 0 Å². The second-order valence-corrected chi connectivity index (χ2v) is 5.16. The summed E-state index contributed by atoms with van der Waals surface area (Å²) in [6.45, 7) is 4.11. The summed E-state index contributed by atoms with van der Waals surface area (Å²) in [6.07, 6.45) is 0. The van der Waals surface area contributed by atoms with E-state index in [-0.39, 0.29) is 6.04 Å². The van der Waals surface area contributed by atoms with Crippen LogP contribution in [-0.4, -0.2) is 21.1 Å². The molecular formula is C9H14N2O2S. The standard InChI is InChI=1S/C9H14N2O2S/c1-6(2)11-9(13-3)7-4-14(12)5-8(7)10-11/h6H,4-5H2,1-3H3. The van der Waals surface area contributed by atoms with Gasteiger partial charge in [-0.05, 0) is 13.8 Å². The highest BCUT2D eigenvalue weighted by molar-refractivity contribution is 7.83. The normalized spacial score (nSPS) is 20.1. The van der Waals surface area contributed by atoms with Gasteiger partial charge in [0, 0.05) is 10.8 Å². The Kier molecular flexibility index (Phi) is 2.34. The highest BCUT2D eigenvalue weighted by Gasteiger charge is 2.27. The molecule has 4 nitrogen and oxygen atoms in total. The predicted molar refractivity (Wildman–Crippen MR) is 54.7 cm³/mol. The SMILES string of the molecule is COc1c2c(nn1C(C)C)CS(=O)C2. The molecule has 0 aromatic carbocycles. The van der Waals surface area contributed by atoms with Gasteiger partial charge >= 0.3 is 0 Å². The topological polar surface area (TPSA) is 44.1 Å². The van der Waals surface area contributed by atoms with Crippen LogP contribution in [0.25, 0.3) is 0 Å². The Morgan fingerprint density at radius 2 is 2.21 bits per heavy atom. The molecule has 78 valence electrons. The zero-order chi connectivity index (χ0) is 10.3. The van der Waals surface area contributed by atoms with Crippen LogP contribution in [0.15, 0.2) is 0 Å². The van der Waals surface area contributed by atoms with Crippen molar-refractivity contribution in [2.24, 2.45) is 0 Å². The fraction of sp³-hybridized carbons (Fsp3) is 0.667. The summed E-state index contributed by atoms with van der Waals surface area (Å²) >= 11 is 0. The van der Waals surface area contributed by atoms with E-state index >= 15 is 0 Å². The Hall–Kier alpha value is -0.840. The summed E-state index contributed by atoms with van der Waals surface area (Å²) in [4.78, 5) is 0. The molecule has 2 rings (SSSR count). The summed E-state index contributed by atoms with van der Waals surface area (Å²) in [5.41, 5.74) is 1.97. The number of hydrogen-bond donors (Lipinski definition) is 0. The molecule has 5 heteroatoms. The number of nitrogens with zero attached hydrogens (tertiary/aromatic N) is 2. The first kappa shape index (κ1) is 9.71. The lowest BCUT2D eigenvalue weighted by molar-refractivity contribution is 0.342. The van der Waals surface area contributed by atoms with Crippen LogP contribution in [0.1, 0.15) is 31.1 Å². The van der Waals surface area contributed by atoms with E-state index in [1.54, 1.807) is 7.11 Å². The number of fused-ring (bicyclic) bond motifs is 1. The molecule has 0 aliphatic carbocycles. The lowest BCUT2D eigenvalue weighted by Gasteiger charge is -2.10. The van der Waals surface area contributed by atoms with Crippen LogP contribution >= 0.6 is 0 Å². The predicted octanol–water partition coefficient (Wildman–Crippen LogP) is 1.23. The van der Waals surface area contributed by atoms with Crippen molar-refractivity contribution < 1.29 is 8.95 Å². The molecule has 0 N–H and O–H groups in total. The maximum atomic E-state index is 11.3. The smallest absolute Gasteiger partial charge is 0.216 e. The molecule has 1 aromatic heterocycles. The number of rotatable bonds is 2. The van der Waals surface area contributed by atoms with Crippen molar-refractivity contribution in [3.63, 3.8) is 0 Å². The lowest BCUT2D eigenvalue weighted by Crippen LogP contribution is -2.07. The van der Waals surface area contributed by atoms with Crippen molar-refractivity contribution in [2.75, 3.05) is 7.11 Å². The molecule has 0 saturated heterocycles. The number of methoxy groups -OCH3 is 1. The lowest BCUT2D eigenvalue weighted by atomic mass is 10.3. The summed E-state index contributed by atoms with van der Waals surface area (Å²) in [5.74, 6) is 1.94. The molecule has 1 atom stereocenters. The largest absolute Gasteiger partial charge is 0.481 e. The molecule has 0 fully saturated rings. The van der Waals surface area contributed by atoms with E-state index in [0.717, 1.165) is 17.1 Å². The minimum atomic E-state index is -0.777. The van der Waals surface area contributed by atoms with Crippen LogP contribution in [0, 0.1) is 0 Å². The minimum Gasteiger partial charge on any atom is -0.481 e. The van der Waals surface area contributed by atoms with Crippen LogP contribution in [0.4, 0.5) is 0 Å². The summed E-state index contributed by atoms with van der Waals surface area (Å²) in [5, 5.41) is 4.41. The molecule has 14 heavy (non-hydrogen) atoms. The van der Waals surface area contributed by atoms with Gasteiger partial charge in [0.05, 0.1) is 35.9 Å². The molecule has 2 heterocycles. The molecule has 1 unspecified atom stereocenters. The maximum Gasteiger partial charge on any atom is 0.216 e. The second kappa shape index (κ2) is 3.38. The Bertz CT molecular complexity index is 384. The molecule has 0 amide bonds. The van der Waals surface area contributed by atoms with Gasteiger partial charge in [-0.15, -0.1) is 0 Å². The zero-order valence-corrected chi connectivity index (χ0v) is 9.43. The molecule has 0 bridgehead atoms. The van der Waals surface area contributed by atoms with Gasteiger partial charge in [0.2, 0.25) is 5.88 Å². The van der Waals surface area contributed by atoms with E-state index in [4.69, 9.17) is 4.74 Å². The van der Waals surface area contributed by atoms with Crippen molar-refractivity contribution >= 4 is 10.8 Å². The number of ether oxygens (including phenoxy) is 1. The van der Waals surface area contributed by atoms with Gasteiger partial charge in [-0.2, -0.15) is 5.10 Å². The average molecular weight is 214 g/mol. The Labute approximate surface area is 85.7 Å². The molecule has 1 aromatic rings. The Morgan fingerprint density at radius 3 is 2.79 bits per heavy atom. The summed E-state index contributed by atoms with van der Waals surface area (Å²) in [7, 11) is 0.859. The fourth-order valence-electron chi connectivity index (χ4n) is 1.69. The average Bonchev–Trinajstić information content (AvgIpc) is 2.59. The number of aromatic nitrogens is 2. The van der Waals surface area contributed by atoms with Gasteiger partial charge in [-0.25, -0.2) is 4.68 Å². The van der Waals surface area contributed by atoms with Crippen molar-refractivity contribution in [1.29, 1.82) is 0 Å². The van der Waals surface area contributed by atoms with E-state index < -0.39 is 10.8 Å². The minimum absolute atomic E-state index is 0.281. The van der Waals surface area contributed by atoms with Crippen molar-refractivity contribution in [2.45, 2.75) is 31.4 Å². The third-order valence-corrected chi connectivity index (χ3v) is 3.53. The summed E-state index contributed by atoms with van der Waals surface area (Å²) in [6, 6.07) is 0.281. The van der Waals surface area contributed by atoms with Gasteiger partial charge in [0.15, 0.2) is 0 Å². The van der Waals surface area contributed by atoms with Gasteiger partial charge in [0.1, 0.15) is 0 Å².